The second kappa shape index (κ2) is 18.9. The van der Waals surface area contributed by atoms with E-state index < -0.39 is 0 Å². The van der Waals surface area contributed by atoms with Gasteiger partial charge in [-0.15, -0.1) is 24.0 Å². The predicted molar refractivity (Wildman–Crippen MR) is 130 cm³/mol. The maximum absolute atomic E-state index is 5.96. The van der Waals surface area contributed by atoms with Gasteiger partial charge in [0.05, 0.1) is 6.10 Å². The lowest BCUT2D eigenvalue weighted by molar-refractivity contribution is 0.00990. The van der Waals surface area contributed by atoms with E-state index in [0.29, 0.717) is 6.10 Å². The molecule has 0 aromatic heterocycles. The highest BCUT2D eigenvalue weighted by molar-refractivity contribution is 14.0. The molecule has 0 radical (unpaired) electrons. The number of nitrogens with one attached hydrogen (secondary N) is 1. The molecule has 0 aliphatic carbocycles. The zero-order chi connectivity index (χ0) is 19.7. The summed E-state index contributed by atoms with van der Waals surface area (Å²) < 4.78 is 11.0. The molecule has 0 aromatic carbocycles. The number of methoxy groups -OCH3 is 1. The topological polar surface area (TPSA) is 49.3 Å². The number of halogens is 1. The Kier molecular flexibility index (Phi) is 18.8. The second-order valence-corrected chi connectivity index (χ2v) is 7.71. The Morgan fingerprint density at radius 2 is 1.71 bits per heavy atom. The average molecular weight is 513 g/mol. The number of hydrogen-bond acceptors (Lipinski definition) is 4. The first kappa shape index (κ1) is 27.9. The molecule has 0 amide bonds. The fraction of sp³-hybridized carbons (Fsp3) is 0.952. The van der Waals surface area contributed by atoms with Crippen LogP contribution in [0, 0.1) is 0 Å². The highest BCUT2D eigenvalue weighted by Gasteiger charge is 2.21. The van der Waals surface area contributed by atoms with Crippen LogP contribution in [0.3, 0.4) is 0 Å². The van der Waals surface area contributed by atoms with E-state index in [0.717, 1.165) is 64.6 Å². The zero-order valence-electron chi connectivity index (χ0n) is 18.8. The molecule has 1 aliphatic rings. The Bertz CT molecular complexity index is 375. The molecule has 7 heteroatoms. The van der Waals surface area contributed by atoms with Gasteiger partial charge in [0.2, 0.25) is 0 Å². The van der Waals surface area contributed by atoms with Gasteiger partial charge in [-0.3, -0.25) is 4.99 Å². The lowest BCUT2D eigenvalue weighted by atomic mass is 10.1. The Morgan fingerprint density at radius 3 is 2.36 bits per heavy atom. The first-order valence-electron chi connectivity index (χ1n) is 11.0. The van der Waals surface area contributed by atoms with Gasteiger partial charge < -0.3 is 24.6 Å². The molecule has 1 heterocycles. The fourth-order valence-electron chi connectivity index (χ4n) is 3.37. The van der Waals surface area contributed by atoms with Gasteiger partial charge in [-0.1, -0.05) is 19.3 Å². The molecule has 6 nitrogen and oxygen atoms in total. The van der Waals surface area contributed by atoms with Crippen molar-refractivity contribution in [2.45, 2.75) is 64.4 Å². The van der Waals surface area contributed by atoms with Gasteiger partial charge in [0.25, 0.3) is 0 Å². The lowest BCUT2D eigenvalue weighted by Crippen LogP contribution is -2.47. The summed E-state index contributed by atoms with van der Waals surface area (Å²) >= 11 is 0. The molecule has 1 fully saturated rings. The third kappa shape index (κ3) is 14.0. The number of hydrogen-bond donors (Lipinski definition) is 1. The summed E-state index contributed by atoms with van der Waals surface area (Å²) in [5, 5.41) is 3.46. The maximum atomic E-state index is 5.96. The van der Waals surface area contributed by atoms with Crippen LogP contribution in [-0.2, 0) is 9.47 Å². The minimum absolute atomic E-state index is 0. The Labute approximate surface area is 190 Å². The quantitative estimate of drug-likeness (QED) is 0.167. The van der Waals surface area contributed by atoms with Gasteiger partial charge in [-0.2, -0.15) is 0 Å². The van der Waals surface area contributed by atoms with Crippen LogP contribution in [0.2, 0.25) is 0 Å². The first-order chi connectivity index (χ1) is 13.2. The maximum Gasteiger partial charge on any atom is 0.193 e. The minimum Gasteiger partial charge on any atom is -0.385 e. The number of nitrogens with zero attached hydrogens (tertiary/aromatic N) is 3. The van der Waals surface area contributed by atoms with E-state index in [2.05, 4.69) is 36.1 Å². The molecule has 28 heavy (non-hydrogen) atoms. The molecular weight excluding hydrogens is 467 g/mol. The summed E-state index contributed by atoms with van der Waals surface area (Å²) in [7, 11) is 6.03. The van der Waals surface area contributed by atoms with E-state index in [1.54, 1.807) is 7.11 Å². The fourth-order valence-corrected chi connectivity index (χ4v) is 3.37. The van der Waals surface area contributed by atoms with E-state index in [1.807, 2.05) is 0 Å². The van der Waals surface area contributed by atoms with Crippen molar-refractivity contribution in [3.05, 3.63) is 0 Å². The summed E-state index contributed by atoms with van der Waals surface area (Å²) in [5.74, 6) is 1.09. The van der Waals surface area contributed by atoms with Crippen molar-refractivity contribution in [1.29, 1.82) is 0 Å². The van der Waals surface area contributed by atoms with Crippen LogP contribution < -0.4 is 5.32 Å². The molecular formula is C21H45IN4O2. The van der Waals surface area contributed by atoms with Gasteiger partial charge >= 0.3 is 0 Å². The molecule has 0 atom stereocenters. The zero-order valence-corrected chi connectivity index (χ0v) is 21.1. The summed E-state index contributed by atoms with van der Waals surface area (Å²) in [5.41, 5.74) is 0. The predicted octanol–water partition coefficient (Wildman–Crippen LogP) is 3.60. The van der Waals surface area contributed by atoms with Crippen LogP contribution in [-0.4, -0.2) is 89.0 Å². The largest absolute Gasteiger partial charge is 0.385 e. The lowest BCUT2D eigenvalue weighted by Gasteiger charge is -2.34. The number of ether oxygens (including phenoxy) is 2. The van der Waals surface area contributed by atoms with Gasteiger partial charge in [0.15, 0.2) is 5.96 Å². The first-order valence-corrected chi connectivity index (χ1v) is 11.0. The molecule has 1 saturated heterocycles. The number of likely N-dealkylation sites (tertiary alicyclic amines) is 1. The summed E-state index contributed by atoms with van der Waals surface area (Å²) in [4.78, 5) is 9.52. The Hall–Kier alpha value is -0.120. The van der Waals surface area contributed by atoms with Crippen LogP contribution in [0.25, 0.3) is 0 Å². The van der Waals surface area contributed by atoms with E-state index in [1.165, 1.54) is 38.6 Å². The highest BCUT2D eigenvalue weighted by Crippen LogP contribution is 2.14. The summed E-state index contributed by atoms with van der Waals surface area (Å²) in [6, 6.07) is 0. The van der Waals surface area contributed by atoms with Crippen molar-refractivity contribution in [3.8, 4) is 0 Å². The van der Waals surface area contributed by atoms with E-state index in [9.17, 15) is 0 Å². The van der Waals surface area contributed by atoms with Crippen molar-refractivity contribution in [3.63, 3.8) is 0 Å². The molecule has 0 spiro atoms. The third-order valence-electron chi connectivity index (χ3n) is 4.95. The van der Waals surface area contributed by atoms with Gasteiger partial charge in [-0.25, -0.2) is 0 Å². The van der Waals surface area contributed by atoms with Crippen LogP contribution in [0.1, 0.15) is 58.3 Å². The van der Waals surface area contributed by atoms with Gasteiger partial charge in [0.1, 0.15) is 0 Å². The monoisotopic (exact) mass is 512 g/mol. The van der Waals surface area contributed by atoms with Crippen molar-refractivity contribution < 1.29 is 9.47 Å². The van der Waals surface area contributed by atoms with Crippen LogP contribution in [0.15, 0.2) is 4.99 Å². The summed E-state index contributed by atoms with van der Waals surface area (Å²) in [6.45, 7) is 8.87. The summed E-state index contributed by atoms with van der Waals surface area (Å²) in [6.07, 6.45) is 9.99. The molecule has 1 aliphatic heterocycles. The standard InChI is InChI=1S/C21H44N4O2.HI/c1-5-22-21(23-14-9-7-6-8-10-15-24(2)3)25-16-12-20(13-17-25)27-19-11-18-26-4;/h20H,5-19H2,1-4H3,(H,22,23);1H. The van der Waals surface area contributed by atoms with E-state index in [-0.39, 0.29) is 24.0 Å². The van der Waals surface area contributed by atoms with Crippen molar-refractivity contribution >= 4 is 29.9 Å². The third-order valence-corrected chi connectivity index (χ3v) is 4.95. The van der Waals surface area contributed by atoms with Crippen molar-refractivity contribution in [1.82, 2.24) is 15.1 Å². The van der Waals surface area contributed by atoms with Crippen LogP contribution in [0.5, 0.6) is 0 Å². The SMILES string of the molecule is CCNC(=NCCCCCCCN(C)C)N1CCC(OCCCOC)CC1.I. The number of aliphatic imine (C=N–C) groups is 1. The molecule has 168 valence electrons. The van der Waals surface area contributed by atoms with Crippen molar-refractivity contribution in [2.75, 3.05) is 67.1 Å². The number of unbranched alkanes of at least 4 members (excludes halogenated alkanes) is 4. The number of piperidine rings is 1. The second-order valence-electron chi connectivity index (χ2n) is 7.71. The Morgan fingerprint density at radius 1 is 1.04 bits per heavy atom. The van der Waals surface area contributed by atoms with Crippen LogP contribution in [0.4, 0.5) is 0 Å². The molecule has 0 aromatic rings. The minimum atomic E-state index is 0. The van der Waals surface area contributed by atoms with Gasteiger partial charge in [-0.05, 0) is 59.7 Å². The molecule has 0 unspecified atom stereocenters. The van der Waals surface area contributed by atoms with E-state index >= 15 is 0 Å². The Balaban J connectivity index is 0.00000729. The molecule has 1 rings (SSSR count). The molecule has 1 N–H and O–H groups in total. The van der Waals surface area contributed by atoms with Gasteiger partial charge in [0, 0.05) is 46.5 Å². The smallest absolute Gasteiger partial charge is 0.193 e. The molecule has 0 bridgehead atoms. The van der Waals surface area contributed by atoms with E-state index in [4.69, 9.17) is 14.5 Å². The number of guanidine groups is 1. The van der Waals surface area contributed by atoms with Crippen LogP contribution >= 0.6 is 24.0 Å². The number of rotatable bonds is 14. The van der Waals surface area contributed by atoms with Crippen molar-refractivity contribution in [2.24, 2.45) is 4.99 Å². The highest BCUT2D eigenvalue weighted by atomic mass is 127. The average Bonchev–Trinajstić information content (AvgIpc) is 2.67. The normalized spacial score (nSPS) is 15.8. The molecule has 0 saturated carbocycles.